The number of benzene rings is 2. The molecule has 4 nitrogen and oxygen atoms in total. The fourth-order valence-corrected chi connectivity index (χ4v) is 2.30. The first kappa shape index (κ1) is 16.2. The number of methoxy groups -OCH3 is 2. The summed E-state index contributed by atoms with van der Waals surface area (Å²) in [4.78, 5) is 12.6. The normalized spacial score (nSPS) is 11.6. The van der Waals surface area contributed by atoms with Gasteiger partial charge in [0.05, 0.1) is 20.3 Å². The van der Waals surface area contributed by atoms with Crippen molar-refractivity contribution in [1.29, 1.82) is 0 Å². The molecule has 116 valence electrons. The third-order valence-electron chi connectivity index (χ3n) is 3.37. The summed E-state index contributed by atoms with van der Waals surface area (Å²) < 4.78 is 10.5. The lowest BCUT2D eigenvalue weighted by atomic mass is 10.1. The first-order valence-electron chi connectivity index (χ1n) is 6.84. The minimum atomic E-state index is -0.253. The molecule has 0 fully saturated rings. The quantitative estimate of drug-likeness (QED) is 0.910. The Labute approximate surface area is 135 Å². The molecule has 0 aliphatic carbocycles. The van der Waals surface area contributed by atoms with Crippen molar-refractivity contribution in [3.05, 3.63) is 58.6 Å². The molecule has 2 aromatic rings. The summed E-state index contributed by atoms with van der Waals surface area (Å²) in [5, 5.41) is 3.60. The standard InChI is InChI=1S/C17H18ClNO3/c1-11(12-7-9-13(18)10-8-12)19-17(20)16-14(21-2)5-4-6-15(16)22-3/h4-11H,1-3H3,(H,19,20)/t11-/m0/s1. The summed E-state index contributed by atoms with van der Waals surface area (Å²) in [6, 6.07) is 12.4. The molecule has 1 atom stereocenters. The fraction of sp³-hybridized carbons (Fsp3) is 0.235. The number of rotatable bonds is 5. The molecular weight excluding hydrogens is 302 g/mol. The Kier molecular flexibility index (Phi) is 5.28. The summed E-state index contributed by atoms with van der Waals surface area (Å²) >= 11 is 5.88. The van der Waals surface area contributed by atoms with Crippen molar-refractivity contribution in [2.75, 3.05) is 14.2 Å². The summed E-state index contributed by atoms with van der Waals surface area (Å²) in [6.07, 6.45) is 0. The number of carbonyl (C=O) groups excluding carboxylic acids is 1. The second-order valence-electron chi connectivity index (χ2n) is 4.78. The van der Waals surface area contributed by atoms with E-state index in [1.807, 2.05) is 19.1 Å². The Morgan fingerprint density at radius 1 is 1.05 bits per heavy atom. The van der Waals surface area contributed by atoms with Crippen LogP contribution in [0.25, 0.3) is 0 Å². The number of hydrogen-bond donors (Lipinski definition) is 1. The smallest absolute Gasteiger partial charge is 0.259 e. The Morgan fingerprint density at radius 2 is 1.59 bits per heavy atom. The summed E-state index contributed by atoms with van der Waals surface area (Å²) in [7, 11) is 3.04. The zero-order chi connectivity index (χ0) is 16.1. The first-order valence-corrected chi connectivity index (χ1v) is 7.22. The second kappa shape index (κ2) is 7.18. The van der Waals surface area contributed by atoms with Crippen molar-refractivity contribution in [1.82, 2.24) is 5.32 Å². The van der Waals surface area contributed by atoms with Gasteiger partial charge in [0.25, 0.3) is 5.91 Å². The highest BCUT2D eigenvalue weighted by molar-refractivity contribution is 6.30. The third kappa shape index (κ3) is 3.52. The van der Waals surface area contributed by atoms with E-state index >= 15 is 0 Å². The van der Waals surface area contributed by atoms with Gasteiger partial charge < -0.3 is 14.8 Å². The number of hydrogen-bond acceptors (Lipinski definition) is 3. The number of nitrogens with one attached hydrogen (secondary N) is 1. The second-order valence-corrected chi connectivity index (χ2v) is 5.22. The van der Waals surface area contributed by atoms with Gasteiger partial charge in [0.15, 0.2) is 0 Å². The molecule has 0 spiro atoms. The van der Waals surface area contributed by atoms with E-state index in [0.29, 0.717) is 22.1 Å². The lowest BCUT2D eigenvalue weighted by molar-refractivity contribution is 0.0933. The number of halogens is 1. The van der Waals surface area contributed by atoms with Crippen molar-refractivity contribution in [3.8, 4) is 11.5 Å². The van der Waals surface area contributed by atoms with Crippen LogP contribution in [0.5, 0.6) is 11.5 Å². The Hall–Kier alpha value is -2.20. The average molecular weight is 320 g/mol. The van der Waals surface area contributed by atoms with Gasteiger partial charge in [0.1, 0.15) is 17.1 Å². The molecule has 0 unspecified atom stereocenters. The maximum Gasteiger partial charge on any atom is 0.259 e. The van der Waals surface area contributed by atoms with Crippen LogP contribution >= 0.6 is 11.6 Å². The molecule has 2 rings (SSSR count). The molecule has 22 heavy (non-hydrogen) atoms. The number of amides is 1. The van der Waals surface area contributed by atoms with Gasteiger partial charge in [-0.25, -0.2) is 0 Å². The average Bonchev–Trinajstić information content (AvgIpc) is 2.54. The van der Waals surface area contributed by atoms with Crippen LogP contribution in [0.3, 0.4) is 0 Å². The van der Waals surface area contributed by atoms with Gasteiger partial charge in [-0.05, 0) is 36.8 Å². The van der Waals surface area contributed by atoms with E-state index < -0.39 is 0 Å². The van der Waals surface area contributed by atoms with Gasteiger partial charge in [0, 0.05) is 5.02 Å². The molecule has 5 heteroatoms. The summed E-state index contributed by atoms with van der Waals surface area (Å²) in [5.41, 5.74) is 1.35. The van der Waals surface area contributed by atoms with Crippen molar-refractivity contribution in [2.45, 2.75) is 13.0 Å². The van der Waals surface area contributed by atoms with Crippen molar-refractivity contribution in [2.24, 2.45) is 0 Å². The van der Waals surface area contributed by atoms with Crippen LogP contribution in [-0.4, -0.2) is 20.1 Å². The maximum atomic E-state index is 12.6. The lowest BCUT2D eigenvalue weighted by Crippen LogP contribution is -2.27. The van der Waals surface area contributed by atoms with E-state index in [1.54, 1.807) is 30.3 Å². The Bertz CT molecular complexity index is 633. The summed E-state index contributed by atoms with van der Waals surface area (Å²) in [6.45, 7) is 1.91. The largest absolute Gasteiger partial charge is 0.496 e. The van der Waals surface area contributed by atoms with Crippen LogP contribution in [0.15, 0.2) is 42.5 Å². The van der Waals surface area contributed by atoms with Gasteiger partial charge in [-0.2, -0.15) is 0 Å². The predicted molar refractivity (Wildman–Crippen MR) is 86.9 cm³/mol. The molecule has 0 bridgehead atoms. The first-order chi connectivity index (χ1) is 10.6. The number of carbonyl (C=O) groups is 1. The Morgan fingerprint density at radius 3 is 2.09 bits per heavy atom. The van der Waals surface area contributed by atoms with Crippen LogP contribution < -0.4 is 14.8 Å². The molecule has 2 aromatic carbocycles. The molecule has 1 N–H and O–H groups in total. The molecule has 0 aliphatic rings. The van der Waals surface area contributed by atoms with E-state index in [4.69, 9.17) is 21.1 Å². The van der Waals surface area contributed by atoms with Gasteiger partial charge >= 0.3 is 0 Å². The van der Waals surface area contributed by atoms with Crippen molar-refractivity contribution in [3.63, 3.8) is 0 Å². The minimum absolute atomic E-state index is 0.167. The molecular formula is C17H18ClNO3. The third-order valence-corrected chi connectivity index (χ3v) is 3.62. The highest BCUT2D eigenvalue weighted by Gasteiger charge is 2.20. The molecule has 0 saturated carbocycles. The van der Waals surface area contributed by atoms with E-state index in [1.165, 1.54) is 14.2 Å². The van der Waals surface area contributed by atoms with Crippen LogP contribution in [0, 0.1) is 0 Å². The highest BCUT2D eigenvalue weighted by atomic mass is 35.5. The topological polar surface area (TPSA) is 47.6 Å². The van der Waals surface area contributed by atoms with Crippen LogP contribution in [0.1, 0.15) is 28.9 Å². The van der Waals surface area contributed by atoms with Crippen molar-refractivity contribution < 1.29 is 14.3 Å². The maximum absolute atomic E-state index is 12.6. The summed E-state index contributed by atoms with van der Waals surface area (Å²) in [5.74, 6) is 0.692. The highest BCUT2D eigenvalue weighted by Crippen LogP contribution is 2.28. The zero-order valence-electron chi connectivity index (χ0n) is 12.7. The van der Waals surface area contributed by atoms with Crippen LogP contribution in [-0.2, 0) is 0 Å². The van der Waals surface area contributed by atoms with Gasteiger partial charge in [0.2, 0.25) is 0 Å². The van der Waals surface area contributed by atoms with E-state index in [9.17, 15) is 4.79 Å². The van der Waals surface area contributed by atoms with Crippen LogP contribution in [0.2, 0.25) is 5.02 Å². The fourth-order valence-electron chi connectivity index (χ4n) is 2.18. The monoisotopic (exact) mass is 319 g/mol. The lowest BCUT2D eigenvalue weighted by Gasteiger charge is -2.17. The predicted octanol–water partition coefficient (Wildman–Crippen LogP) is 3.85. The minimum Gasteiger partial charge on any atom is -0.496 e. The molecule has 0 heterocycles. The van der Waals surface area contributed by atoms with E-state index in [2.05, 4.69) is 5.32 Å². The molecule has 0 aromatic heterocycles. The van der Waals surface area contributed by atoms with E-state index in [-0.39, 0.29) is 11.9 Å². The van der Waals surface area contributed by atoms with E-state index in [0.717, 1.165) is 5.56 Å². The SMILES string of the molecule is COc1cccc(OC)c1C(=O)N[C@@H](C)c1ccc(Cl)cc1. The zero-order valence-corrected chi connectivity index (χ0v) is 13.5. The van der Waals surface area contributed by atoms with Gasteiger partial charge in [-0.3, -0.25) is 4.79 Å². The van der Waals surface area contributed by atoms with Gasteiger partial charge in [-0.1, -0.05) is 29.8 Å². The Balaban J connectivity index is 2.23. The molecule has 0 radical (unpaired) electrons. The molecule has 1 amide bonds. The van der Waals surface area contributed by atoms with Gasteiger partial charge in [-0.15, -0.1) is 0 Å². The van der Waals surface area contributed by atoms with Crippen molar-refractivity contribution >= 4 is 17.5 Å². The number of ether oxygens (including phenoxy) is 2. The van der Waals surface area contributed by atoms with Crippen LogP contribution in [0.4, 0.5) is 0 Å². The molecule has 0 aliphatic heterocycles. The molecule has 0 saturated heterocycles.